The lowest BCUT2D eigenvalue weighted by atomic mass is 9.89. The first-order chi connectivity index (χ1) is 19.1. The fraction of sp³-hybridized carbons (Fsp3) is 0.393. The van der Waals surface area contributed by atoms with E-state index < -0.39 is 23.1 Å². The van der Waals surface area contributed by atoms with E-state index in [0.717, 1.165) is 12.8 Å². The smallest absolute Gasteiger partial charge is 0.331 e. The lowest BCUT2D eigenvalue weighted by molar-refractivity contribution is -0.153. The predicted octanol–water partition coefficient (Wildman–Crippen LogP) is 2.92. The number of carbonyl (C=O) groups excluding carboxylic acids is 2. The van der Waals surface area contributed by atoms with Crippen molar-refractivity contribution in [2.45, 2.75) is 44.9 Å². The molecule has 3 aromatic rings. The highest BCUT2D eigenvalue weighted by atomic mass is 35.5. The Morgan fingerprint density at radius 3 is 2.60 bits per heavy atom. The Morgan fingerprint density at radius 2 is 1.98 bits per heavy atom. The third-order valence-electron chi connectivity index (χ3n) is 7.44. The van der Waals surface area contributed by atoms with Gasteiger partial charge < -0.3 is 20.7 Å². The summed E-state index contributed by atoms with van der Waals surface area (Å²) >= 11 is 6.29. The van der Waals surface area contributed by atoms with Crippen molar-refractivity contribution in [3.05, 3.63) is 73.4 Å². The molecule has 1 saturated heterocycles. The molecular formula is C28H29ClN6O5. The van der Waals surface area contributed by atoms with Crippen molar-refractivity contribution in [3.63, 3.8) is 0 Å². The number of benzene rings is 2. The minimum atomic E-state index is -1.69. The van der Waals surface area contributed by atoms with Crippen molar-refractivity contribution in [1.29, 1.82) is 5.26 Å². The molecule has 2 aromatic carbocycles. The topological polar surface area (TPSA) is 152 Å². The molecule has 0 radical (unpaired) electrons. The summed E-state index contributed by atoms with van der Waals surface area (Å²) in [6.45, 7) is 4.14. The molecule has 3 N–H and O–H groups in total. The van der Waals surface area contributed by atoms with Crippen LogP contribution in [0.15, 0.2) is 46.0 Å². The number of amides is 3. The number of urea groups is 1. The van der Waals surface area contributed by atoms with E-state index in [2.05, 4.69) is 5.32 Å². The van der Waals surface area contributed by atoms with Crippen LogP contribution < -0.4 is 22.3 Å². The Bertz CT molecular complexity index is 1690. The van der Waals surface area contributed by atoms with E-state index in [1.165, 1.54) is 21.6 Å². The third kappa shape index (κ3) is 4.85. The number of nitrogens with one attached hydrogen (secondary N) is 1. The fourth-order valence-corrected chi connectivity index (χ4v) is 5.35. The third-order valence-corrected chi connectivity index (χ3v) is 7.75. The lowest BCUT2D eigenvalue weighted by Crippen LogP contribution is -2.58. The quantitative estimate of drug-likeness (QED) is 0.469. The summed E-state index contributed by atoms with van der Waals surface area (Å²) in [6.07, 6.45) is 1.96. The number of hydrogen-bond acceptors (Lipinski definition) is 6. The summed E-state index contributed by atoms with van der Waals surface area (Å²) in [7, 11) is 0. The van der Waals surface area contributed by atoms with Gasteiger partial charge in [-0.1, -0.05) is 17.7 Å². The zero-order chi connectivity index (χ0) is 28.8. The molecule has 11 nitrogen and oxygen atoms in total. The summed E-state index contributed by atoms with van der Waals surface area (Å²) in [5, 5.41) is 12.5. The molecular weight excluding hydrogens is 536 g/mol. The number of carbonyl (C=O) groups is 2. The van der Waals surface area contributed by atoms with E-state index >= 15 is 0 Å². The highest BCUT2D eigenvalue weighted by Crippen LogP contribution is 2.34. The number of ether oxygens (including phenoxy) is 1. The van der Waals surface area contributed by atoms with Gasteiger partial charge in [-0.15, -0.1) is 0 Å². The first kappa shape index (κ1) is 27.4. The van der Waals surface area contributed by atoms with Gasteiger partial charge in [-0.2, -0.15) is 5.26 Å². The maximum absolute atomic E-state index is 13.9. The highest BCUT2D eigenvalue weighted by Gasteiger charge is 2.47. The molecule has 2 fully saturated rings. The van der Waals surface area contributed by atoms with Gasteiger partial charge in [0.25, 0.3) is 11.5 Å². The number of primary amides is 1. The number of morpholine rings is 1. The van der Waals surface area contributed by atoms with Crippen molar-refractivity contribution in [2.24, 2.45) is 11.7 Å². The van der Waals surface area contributed by atoms with E-state index in [1.54, 1.807) is 28.8 Å². The first-order valence-corrected chi connectivity index (χ1v) is 13.4. The molecule has 0 bridgehead atoms. The Hall–Kier alpha value is -4.14. The maximum Gasteiger partial charge on any atom is 0.331 e. The van der Waals surface area contributed by atoms with Crippen LogP contribution >= 0.6 is 11.6 Å². The number of hydrogen-bond donors (Lipinski definition) is 2. The summed E-state index contributed by atoms with van der Waals surface area (Å²) in [5.41, 5.74) is 4.41. The van der Waals surface area contributed by atoms with Crippen molar-refractivity contribution in [1.82, 2.24) is 14.0 Å². The molecule has 1 atom stereocenters. The van der Waals surface area contributed by atoms with E-state index in [-0.39, 0.29) is 42.0 Å². The van der Waals surface area contributed by atoms with Gasteiger partial charge in [0, 0.05) is 24.8 Å². The molecule has 1 unspecified atom stereocenters. The number of halogens is 1. The summed E-state index contributed by atoms with van der Waals surface area (Å²) < 4.78 is 8.89. The summed E-state index contributed by atoms with van der Waals surface area (Å²) in [6, 6.07) is 10.3. The Labute approximate surface area is 234 Å². The minimum Gasteiger partial charge on any atom is -0.357 e. The van der Waals surface area contributed by atoms with Crippen LogP contribution in [0.5, 0.6) is 0 Å². The van der Waals surface area contributed by atoms with Gasteiger partial charge in [0.05, 0.1) is 34.6 Å². The largest absolute Gasteiger partial charge is 0.357 e. The van der Waals surface area contributed by atoms with Crippen molar-refractivity contribution in [2.75, 3.05) is 25.0 Å². The van der Waals surface area contributed by atoms with Crippen LogP contribution in [0.2, 0.25) is 5.02 Å². The van der Waals surface area contributed by atoms with Crippen molar-refractivity contribution < 1.29 is 14.3 Å². The van der Waals surface area contributed by atoms with Crippen LogP contribution in [0.3, 0.4) is 0 Å². The second-order valence-electron chi connectivity index (χ2n) is 10.5. The van der Waals surface area contributed by atoms with Crippen molar-refractivity contribution >= 4 is 40.1 Å². The Morgan fingerprint density at radius 1 is 1.23 bits per heavy atom. The van der Waals surface area contributed by atoms with Gasteiger partial charge in [-0.05, 0) is 68.5 Å². The average Bonchev–Trinajstić information content (AvgIpc) is 3.75. The molecule has 1 aromatic heterocycles. The van der Waals surface area contributed by atoms with Gasteiger partial charge >= 0.3 is 11.7 Å². The van der Waals surface area contributed by atoms with Gasteiger partial charge in [0.1, 0.15) is 6.07 Å². The molecule has 1 aliphatic carbocycles. The van der Waals surface area contributed by atoms with Crippen LogP contribution in [-0.4, -0.2) is 45.7 Å². The van der Waals surface area contributed by atoms with Gasteiger partial charge in [-0.3, -0.25) is 18.7 Å². The van der Waals surface area contributed by atoms with Crippen LogP contribution in [0.25, 0.3) is 10.9 Å². The highest BCUT2D eigenvalue weighted by molar-refractivity contribution is 6.31. The number of rotatable bonds is 6. The monoisotopic (exact) mass is 564 g/mol. The Kier molecular flexibility index (Phi) is 7.16. The zero-order valence-electron chi connectivity index (χ0n) is 22.1. The second-order valence-corrected chi connectivity index (χ2v) is 10.9. The minimum absolute atomic E-state index is 0.0260. The number of nitrogens with two attached hydrogens (primary N) is 1. The molecule has 208 valence electrons. The van der Waals surface area contributed by atoms with Gasteiger partial charge in [-0.25, -0.2) is 9.59 Å². The second kappa shape index (κ2) is 10.4. The molecule has 5 rings (SSSR count). The van der Waals surface area contributed by atoms with E-state index in [0.29, 0.717) is 34.6 Å². The fourth-order valence-electron chi connectivity index (χ4n) is 5.12. The SMILES string of the molecule is CC(C)n1c(=O)n(CC2CC2)c(=O)c2cc(NC(=O)C3(c4ccc(C#N)c(Cl)c4)CN(C(N)=O)CCO3)ccc21. The number of aromatic nitrogens is 2. The average molecular weight is 565 g/mol. The van der Waals surface area contributed by atoms with Gasteiger partial charge in [0.2, 0.25) is 0 Å². The molecule has 2 heterocycles. The maximum atomic E-state index is 13.9. The number of nitrogens with zero attached hydrogens (tertiary/aromatic N) is 4. The predicted molar refractivity (Wildman–Crippen MR) is 149 cm³/mol. The standard InChI is InChI=1S/C28H29ClN6O5/c1-16(2)35-23-8-7-20(12-21(23)24(36)34(27(35)39)14-17-3-4-17)32-25(37)28(15-33(26(31)38)9-10-40-28)19-6-5-18(13-30)22(29)11-19/h5-8,11-12,16-17H,3-4,9-10,14-15H2,1-2H3,(H2,31,38)(H,32,37). The summed E-state index contributed by atoms with van der Waals surface area (Å²) in [4.78, 5) is 53.9. The number of anilines is 1. The van der Waals surface area contributed by atoms with Crippen molar-refractivity contribution in [3.8, 4) is 6.07 Å². The molecule has 1 aliphatic heterocycles. The number of fused-ring (bicyclic) bond motifs is 1. The molecule has 2 aliphatic rings. The van der Waals surface area contributed by atoms with Crippen LogP contribution in [0.1, 0.15) is 43.9 Å². The molecule has 1 saturated carbocycles. The van der Waals surface area contributed by atoms with Crippen LogP contribution in [-0.2, 0) is 21.7 Å². The van der Waals surface area contributed by atoms with E-state index in [4.69, 9.17) is 22.1 Å². The molecule has 40 heavy (non-hydrogen) atoms. The lowest BCUT2D eigenvalue weighted by Gasteiger charge is -2.41. The zero-order valence-corrected chi connectivity index (χ0v) is 22.9. The van der Waals surface area contributed by atoms with E-state index in [9.17, 15) is 24.4 Å². The van der Waals surface area contributed by atoms with Crippen LogP contribution in [0, 0.1) is 17.2 Å². The summed E-state index contributed by atoms with van der Waals surface area (Å²) in [5.74, 6) is -0.309. The van der Waals surface area contributed by atoms with Gasteiger partial charge in [0.15, 0.2) is 5.60 Å². The normalized spacial score (nSPS) is 19.0. The first-order valence-electron chi connectivity index (χ1n) is 13.0. The van der Waals surface area contributed by atoms with Crippen LogP contribution in [0.4, 0.5) is 10.5 Å². The Balaban J connectivity index is 1.58. The molecule has 0 spiro atoms. The van der Waals surface area contributed by atoms with E-state index in [1.807, 2.05) is 19.9 Å². The molecule has 3 amide bonds. The molecule has 12 heteroatoms. The number of nitriles is 1.